The Morgan fingerprint density at radius 3 is 3.06 bits per heavy atom. The number of aromatic hydroxyl groups is 1. The lowest BCUT2D eigenvalue weighted by Crippen LogP contribution is -2.05. The summed E-state index contributed by atoms with van der Waals surface area (Å²) in [7, 11) is 0. The van der Waals surface area contributed by atoms with Crippen molar-refractivity contribution in [3.63, 3.8) is 0 Å². The van der Waals surface area contributed by atoms with E-state index in [0.717, 1.165) is 40.6 Å². The van der Waals surface area contributed by atoms with Crippen molar-refractivity contribution >= 4 is 11.0 Å². The standard InChI is InChI=1S/C14H11N3O/c18-12-3-1-2-10-9(12)5-4-8-6-15-14-11(13(8)10)7-16-17-14/h1-3,6-7,18H,4-5H2,(H,15,16,17). The molecule has 2 N–H and O–H groups in total. The fourth-order valence-corrected chi connectivity index (χ4v) is 2.78. The summed E-state index contributed by atoms with van der Waals surface area (Å²) < 4.78 is 0. The summed E-state index contributed by atoms with van der Waals surface area (Å²) in [4.78, 5) is 4.37. The number of pyridine rings is 1. The molecule has 4 heteroatoms. The van der Waals surface area contributed by atoms with Crippen LogP contribution in [0.15, 0.2) is 30.6 Å². The van der Waals surface area contributed by atoms with Gasteiger partial charge in [-0.1, -0.05) is 12.1 Å². The van der Waals surface area contributed by atoms with E-state index in [1.165, 1.54) is 5.56 Å². The maximum Gasteiger partial charge on any atom is 0.155 e. The third-order valence-electron chi connectivity index (χ3n) is 3.62. The van der Waals surface area contributed by atoms with Crippen molar-refractivity contribution in [2.24, 2.45) is 0 Å². The number of H-pyrrole nitrogens is 1. The summed E-state index contributed by atoms with van der Waals surface area (Å²) in [5.74, 6) is 0.381. The highest BCUT2D eigenvalue weighted by atomic mass is 16.3. The van der Waals surface area contributed by atoms with E-state index in [1.54, 1.807) is 12.3 Å². The lowest BCUT2D eigenvalue weighted by Gasteiger charge is -2.20. The predicted molar refractivity (Wildman–Crippen MR) is 68.4 cm³/mol. The Morgan fingerprint density at radius 2 is 2.11 bits per heavy atom. The summed E-state index contributed by atoms with van der Waals surface area (Å²) in [6.45, 7) is 0. The first-order valence-electron chi connectivity index (χ1n) is 5.97. The van der Waals surface area contributed by atoms with Crippen LogP contribution in [0.3, 0.4) is 0 Å². The third kappa shape index (κ3) is 1.14. The molecule has 0 unspecified atom stereocenters. The number of aryl methyl sites for hydroxylation is 1. The summed E-state index contributed by atoms with van der Waals surface area (Å²) in [6, 6.07) is 5.69. The fraction of sp³-hybridized carbons (Fsp3) is 0.143. The number of phenols is 1. The monoisotopic (exact) mass is 237 g/mol. The number of rotatable bonds is 0. The second-order valence-electron chi connectivity index (χ2n) is 4.59. The normalized spacial score (nSPS) is 13.3. The van der Waals surface area contributed by atoms with Crippen LogP contribution in [0.4, 0.5) is 0 Å². The van der Waals surface area contributed by atoms with Crippen LogP contribution in [0, 0.1) is 0 Å². The van der Waals surface area contributed by atoms with Crippen LogP contribution < -0.4 is 0 Å². The Morgan fingerprint density at radius 1 is 1.17 bits per heavy atom. The van der Waals surface area contributed by atoms with Gasteiger partial charge in [-0.15, -0.1) is 0 Å². The van der Waals surface area contributed by atoms with Gasteiger partial charge in [0.25, 0.3) is 0 Å². The molecule has 1 aliphatic carbocycles. The summed E-state index contributed by atoms with van der Waals surface area (Å²) in [5, 5.41) is 17.9. The molecular weight excluding hydrogens is 226 g/mol. The molecule has 0 bridgehead atoms. The smallest absolute Gasteiger partial charge is 0.155 e. The van der Waals surface area contributed by atoms with Gasteiger partial charge in [-0.25, -0.2) is 4.98 Å². The number of nitrogens with one attached hydrogen (secondary N) is 1. The number of phenolic OH excluding ortho intramolecular Hbond substituents is 1. The van der Waals surface area contributed by atoms with Crippen LogP contribution in [0.25, 0.3) is 22.2 Å². The summed E-state index contributed by atoms with van der Waals surface area (Å²) in [6.07, 6.45) is 5.48. The van der Waals surface area contributed by atoms with E-state index < -0.39 is 0 Å². The first kappa shape index (κ1) is 9.65. The van der Waals surface area contributed by atoms with Gasteiger partial charge in [0.2, 0.25) is 0 Å². The summed E-state index contributed by atoms with van der Waals surface area (Å²) >= 11 is 0. The topological polar surface area (TPSA) is 61.8 Å². The van der Waals surface area contributed by atoms with Crippen LogP contribution in [0.1, 0.15) is 11.1 Å². The number of hydrogen-bond acceptors (Lipinski definition) is 3. The molecule has 0 saturated heterocycles. The molecule has 1 aliphatic rings. The minimum absolute atomic E-state index is 0.381. The van der Waals surface area contributed by atoms with Crippen molar-refractivity contribution in [2.75, 3.05) is 0 Å². The molecule has 3 aromatic rings. The molecule has 2 heterocycles. The van der Waals surface area contributed by atoms with E-state index in [4.69, 9.17) is 0 Å². The van der Waals surface area contributed by atoms with Crippen LogP contribution in [-0.2, 0) is 12.8 Å². The molecule has 0 spiro atoms. The van der Waals surface area contributed by atoms with E-state index in [0.29, 0.717) is 5.75 Å². The highest BCUT2D eigenvalue weighted by Crippen LogP contribution is 2.40. The quantitative estimate of drug-likeness (QED) is 0.631. The average molecular weight is 237 g/mol. The number of hydrogen-bond donors (Lipinski definition) is 2. The molecule has 0 amide bonds. The van der Waals surface area contributed by atoms with Crippen molar-refractivity contribution in [2.45, 2.75) is 12.8 Å². The Labute approximate surface area is 103 Å². The number of aromatic amines is 1. The number of fused-ring (bicyclic) bond motifs is 5. The number of nitrogens with zero attached hydrogens (tertiary/aromatic N) is 2. The van der Waals surface area contributed by atoms with Crippen LogP contribution >= 0.6 is 0 Å². The lowest BCUT2D eigenvalue weighted by molar-refractivity contribution is 0.468. The van der Waals surface area contributed by atoms with Gasteiger partial charge in [0.1, 0.15) is 5.75 Å². The first-order chi connectivity index (χ1) is 8.84. The van der Waals surface area contributed by atoms with Gasteiger partial charge in [-0.2, -0.15) is 5.10 Å². The maximum absolute atomic E-state index is 9.97. The van der Waals surface area contributed by atoms with Gasteiger partial charge in [0.15, 0.2) is 5.65 Å². The molecule has 0 saturated carbocycles. The molecule has 18 heavy (non-hydrogen) atoms. The van der Waals surface area contributed by atoms with Gasteiger partial charge in [0.05, 0.1) is 6.20 Å². The number of aromatic nitrogens is 3. The largest absolute Gasteiger partial charge is 0.508 e. The van der Waals surface area contributed by atoms with Crippen LogP contribution in [-0.4, -0.2) is 20.3 Å². The van der Waals surface area contributed by atoms with Crippen molar-refractivity contribution in [1.82, 2.24) is 15.2 Å². The van der Waals surface area contributed by atoms with Crippen LogP contribution in [0.5, 0.6) is 5.75 Å². The van der Waals surface area contributed by atoms with Gasteiger partial charge >= 0.3 is 0 Å². The minimum atomic E-state index is 0.381. The zero-order valence-corrected chi connectivity index (χ0v) is 9.64. The lowest BCUT2D eigenvalue weighted by atomic mass is 9.85. The molecule has 88 valence electrons. The molecular formula is C14H11N3O. The van der Waals surface area contributed by atoms with E-state index in [1.807, 2.05) is 12.3 Å². The molecule has 0 atom stereocenters. The van der Waals surface area contributed by atoms with Gasteiger partial charge in [-0.05, 0) is 35.6 Å². The van der Waals surface area contributed by atoms with E-state index >= 15 is 0 Å². The van der Waals surface area contributed by atoms with Gasteiger partial charge in [-0.3, -0.25) is 5.10 Å². The van der Waals surface area contributed by atoms with E-state index in [-0.39, 0.29) is 0 Å². The Hall–Kier alpha value is -2.36. The number of benzene rings is 1. The maximum atomic E-state index is 9.97. The average Bonchev–Trinajstić information content (AvgIpc) is 2.86. The van der Waals surface area contributed by atoms with Gasteiger partial charge in [0, 0.05) is 17.1 Å². The SMILES string of the molecule is Oc1cccc2c1CCc1cnc3[nH]ncc3c1-2. The fourth-order valence-electron chi connectivity index (χ4n) is 2.78. The highest BCUT2D eigenvalue weighted by Gasteiger charge is 2.21. The van der Waals surface area contributed by atoms with E-state index in [2.05, 4.69) is 21.2 Å². The van der Waals surface area contributed by atoms with Crippen molar-refractivity contribution in [3.8, 4) is 16.9 Å². The van der Waals surface area contributed by atoms with Crippen molar-refractivity contribution in [1.29, 1.82) is 0 Å². The Kier molecular flexibility index (Phi) is 1.78. The molecule has 0 radical (unpaired) electrons. The van der Waals surface area contributed by atoms with Crippen molar-refractivity contribution in [3.05, 3.63) is 41.7 Å². The van der Waals surface area contributed by atoms with Crippen molar-refractivity contribution < 1.29 is 5.11 Å². The molecule has 0 fully saturated rings. The second kappa shape index (κ2) is 3.32. The Balaban J connectivity index is 2.15. The Bertz CT molecular complexity index is 761. The zero-order chi connectivity index (χ0) is 12.1. The third-order valence-corrected chi connectivity index (χ3v) is 3.62. The highest BCUT2D eigenvalue weighted by molar-refractivity contribution is 5.96. The molecule has 1 aromatic carbocycles. The van der Waals surface area contributed by atoms with Crippen LogP contribution in [0.2, 0.25) is 0 Å². The molecule has 4 rings (SSSR count). The zero-order valence-electron chi connectivity index (χ0n) is 9.64. The minimum Gasteiger partial charge on any atom is -0.508 e. The predicted octanol–water partition coefficient (Wildman–Crippen LogP) is 2.43. The molecule has 2 aromatic heterocycles. The van der Waals surface area contributed by atoms with Gasteiger partial charge < -0.3 is 5.11 Å². The molecule has 4 nitrogen and oxygen atoms in total. The van der Waals surface area contributed by atoms with E-state index in [9.17, 15) is 5.11 Å². The first-order valence-corrected chi connectivity index (χ1v) is 5.97. The summed E-state index contributed by atoms with van der Waals surface area (Å²) in [5.41, 5.74) is 5.31. The second-order valence-corrected chi connectivity index (χ2v) is 4.59. The molecule has 0 aliphatic heterocycles.